The van der Waals surface area contributed by atoms with E-state index >= 15 is 0 Å². The summed E-state index contributed by atoms with van der Waals surface area (Å²) in [5.74, 6) is -9.95. The second kappa shape index (κ2) is 28.1. The lowest BCUT2D eigenvalue weighted by Gasteiger charge is -2.41. The summed E-state index contributed by atoms with van der Waals surface area (Å²) < 4.78 is 173. The van der Waals surface area contributed by atoms with Gasteiger partial charge in [-0.1, -0.05) is 0 Å². The Morgan fingerprint density at radius 3 is 1.13 bits per heavy atom. The predicted molar refractivity (Wildman–Crippen MR) is 302 cm³/mol. The van der Waals surface area contributed by atoms with Crippen molar-refractivity contribution in [3.05, 3.63) is 105 Å². The van der Waals surface area contributed by atoms with Crippen molar-refractivity contribution in [1.82, 2.24) is 19.4 Å². The monoisotopic (exact) mass is 1260 g/mol. The zero-order valence-corrected chi connectivity index (χ0v) is 49.9. The Morgan fingerprint density at radius 1 is 0.465 bits per heavy atom. The molecule has 26 heteroatoms. The van der Waals surface area contributed by atoms with Gasteiger partial charge >= 0.3 is 0 Å². The maximum absolute atomic E-state index is 14.0. The number of carbonyl (C=O) groups excluding carboxylic acids is 4. The number of hydrogen-bond donors (Lipinski definition) is 4. The highest BCUT2D eigenvalue weighted by atomic mass is 32.2. The van der Waals surface area contributed by atoms with E-state index in [4.69, 9.17) is 17.2 Å². The predicted octanol–water partition coefficient (Wildman–Crippen LogP) is 7.51. The minimum Gasteiger partial charge on any atom is -0.355 e. The van der Waals surface area contributed by atoms with Gasteiger partial charge in [-0.15, -0.1) is 0 Å². The number of ketones is 1. The molecule has 6 aliphatic heterocycles. The van der Waals surface area contributed by atoms with Crippen LogP contribution in [0.15, 0.2) is 36.4 Å². The third-order valence-electron chi connectivity index (χ3n) is 18.6. The van der Waals surface area contributed by atoms with Gasteiger partial charge in [-0.3, -0.25) is 14.4 Å². The van der Waals surface area contributed by atoms with Gasteiger partial charge in [0.15, 0.2) is 44.7 Å². The number of sulfonamides is 1. The topological polar surface area (TPSA) is 236 Å². The van der Waals surface area contributed by atoms with Crippen LogP contribution in [0.1, 0.15) is 140 Å². The lowest BCUT2D eigenvalue weighted by Crippen LogP contribution is -2.51. The summed E-state index contributed by atoms with van der Waals surface area (Å²) in [6.07, 6.45) is 11.0. The molecular weight excluding hydrogens is 1180 g/mol. The molecule has 0 aromatic heterocycles. The van der Waals surface area contributed by atoms with Gasteiger partial charge in [0.25, 0.3) is 0 Å². The van der Waals surface area contributed by atoms with E-state index in [0.29, 0.717) is 56.7 Å². The molecule has 7 fully saturated rings. The number of nitrogens with two attached hydrogens (primary N) is 3. The molecule has 0 spiro atoms. The SMILES string of the molecule is CC(=O)CCC(=O)N1[C@@H]2CC[C@H]1CC([C@@H](N)Cc1cc(F)c(F)cc1F)C2.CC(=O)NCCS(=O)(=O)N1[C@@H]2CC[C@H]1CC([C@@H](N)Cc1cc(F)c(F)cc1F)C2.N[C@@H](Cc1cc(F)c(F)cc1F)C1C[C@H]2CC[C@@H](C1)N2C(=O)CCS(=O)(=O)C1CC1. The fourth-order valence-corrected chi connectivity index (χ4v) is 17.7. The van der Waals surface area contributed by atoms with Crippen molar-refractivity contribution in [2.75, 3.05) is 18.1 Å². The molecule has 10 rings (SSSR count). The molecular formula is C60H78F9N7O8S2. The highest BCUT2D eigenvalue weighted by Crippen LogP contribution is 2.44. The van der Waals surface area contributed by atoms with Crippen molar-refractivity contribution in [2.45, 2.75) is 202 Å². The molecule has 3 aromatic rings. The first-order valence-corrected chi connectivity index (χ1v) is 33.1. The molecule has 0 radical (unpaired) electrons. The molecule has 12 atom stereocenters. The number of fused-ring (bicyclic) bond motifs is 6. The summed E-state index contributed by atoms with van der Waals surface area (Å²) in [7, 11) is -6.68. The van der Waals surface area contributed by atoms with Gasteiger partial charge in [-0.05, 0) is 169 Å². The number of benzene rings is 3. The summed E-state index contributed by atoms with van der Waals surface area (Å²) in [6, 6.07) is 2.71. The lowest BCUT2D eigenvalue weighted by atomic mass is 9.82. The molecule has 6 bridgehead atoms. The highest BCUT2D eigenvalue weighted by molar-refractivity contribution is 7.92. The van der Waals surface area contributed by atoms with Gasteiger partial charge in [0, 0.05) is 105 Å². The molecule has 3 amide bonds. The summed E-state index contributed by atoms with van der Waals surface area (Å²) in [4.78, 5) is 51.0. The molecule has 7 N–H and O–H groups in total. The van der Waals surface area contributed by atoms with Crippen LogP contribution in [0.3, 0.4) is 0 Å². The fraction of sp³-hybridized carbons (Fsp3) is 0.633. The third-order valence-corrected chi connectivity index (χ3v) is 22.9. The van der Waals surface area contributed by atoms with Crippen LogP contribution in [0.25, 0.3) is 0 Å². The van der Waals surface area contributed by atoms with Crippen LogP contribution in [-0.4, -0.2) is 132 Å². The number of amides is 3. The van der Waals surface area contributed by atoms with Crippen LogP contribution in [0.4, 0.5) is 39.5 Å². The van der Waals surface area contributed by atoms with Crippen LogP contribution < -0.4 is 22.5 Å². The van der Waals surface area contributed by atoms with Crippen LogP contribution in [0, 0.1) is 70.1 Å². The van der Waals surface area contributed by atoms with Crippen LogP contribution in [-0.2, 0) is 58.3 Å². The number of carbonyl (C=O) groups is 4. The van der Waals surface area contributed by atoms with E-state index in [2.05, 4.69) is 5.32 Å². The summed E-state index contributed by atoms with van der Waals surface area (Å²) in [5, 5.41) is 2.24. The first-order valence-electron chi connectivity index (χ1n) is 29.8. The number of nitrogens with one attached hydrogen (secondary N) is 1. The number of nitrogens with zero attached hydrogens (tertiary/aromatic N) is 3. The van der Waals surface area contributed by atoms with Crippen LogP contribution in [0.5, 0.6) is 0 Å². The standard InChI is InChI=1S/C21H27F3N2O3S.C20H25F3N2O2.C19H26F3N3O3S/c22-17-11-19(24)18(23)9-12(17)10-20(25)13-7-14-1-2-15(8-13)26(14)21(27)5-6-30(28,29)16-3-4-16;1-11(26)2-5-20(27)25-14-3-4-15(25)7-13(6-14)19(24)9-12-8-17(22)18(23)10-16(12)21;1-11(26)24-4-5-29(27,28)25-14-2-3-15(25)7-13(6-14)19(23)9-12-8-17(21)18(22)10-16(12)20/h9,11,13-16,20H,1-8,10,25H2;8,10,13-15,19H,2-7,9,24H2,1H3;8,10,13-15,19H,2-7,9,23H2,1H3,(H,24,26)/t13?,14-,15+,20-;2*13?,14-,15+,19-/m000/s1. The van der Waals surface area contributed by atoms with Gasteiger partial charge in [-0.25, -0.2) is 56.3 Å². The normalized spacial score (nSPS) is 26.2. The average molecular weight is 1260 g/mol. The zero-order valence-electron chi connectivity index (χ0n) is 48.3. The fourth-order valence-electron chi connectivity index (χ4n) is 14.2. The van der Waals surface area contributed by atoms with E-state index in [1.165, 1.54) is 13.8 Å². The average Bonchev–Trinajstić information content (AvgIpc) is 2.51. The van der Waals surface area contributed by atoms with Crippen molar-refractivity contribution < 1.29 is 75.5 Å². The molecule has 476 valence electrons. The Balaban J connectivity index is 0.000000168. The second-order valence-corrected chi connectivity index (χ2v) is 29.2. The van der Waals surface area contributed by atoms with Crippen molar-refractivity contribution in [1.29, 1.82) is 0 Å². The summed E-state index contributed by atoms with van der Waals surface area (Å²) >= 11 is 0. The minimum absolute atomic E-state index is 0.00108. The Morgan fingerprint density at radius 2 is 0.791 bits per heavy atom. The van der Waals surface area contributed by atoms with E-state index in [9.17, 15) is 75.5 Å². The number of halogens is 9. The second-order valence-electron chi connectivity index (χ2n) is 24.8. The van der Waals surface area contributed by atoms with Crippen molar-refractivity contribution in [2.24, 2.45) is 35.0 Å². The molecule has 15 nitrogen and oxygen atoms in total. The summed E-state index contributed by atoms with van der Waals surface area (Å²) in [6.45, 7) is 2.87. The largest absolute Gasteiger partial charge is 0.355 e. The molecule has 7 aliphatic rings. The highest BCUT2D eigenvalue weighted by Gasteiger charge is 2.49. The third kappa shape index (κ3) is 16.4. The van der Waals surface area contributed by atoms with Crippen molar-refractivity contribution in [3.63, 3.8) is 0 Å². The molecule has 3 unspecified atom stereocenters. The number of piperidine rings is 3. The molecule has 3 aromatic carbocycles. The Labute approximate surface area is 496 Å². The van der Waals surface area contributed by atoms with Gasteiger partial charge < -0.3 is 37.1 Å². The summed E-state index contributed by atoms with van der Waals surface area (Å²) in [5.41, 5.74) is 19.0. The molecule has 1 aliphatic carbocycles. The van der Waals surface area contributed by atoms with Crippen molar-refractivity contribution in [3.8, 4) is 0 Å². The van der Waals surface area contributed by atoms with E-state index in [-0.39, 0.29) is 162 Å². The smallest absolute Gasteiger partial charge is 0.224 e. The molecule has 6 heterocycles. The number of Topliss-reactive ketones (excluding diaryl/α,β-unsaturated/α-hetero) is 1. The zero-order chi connectivity index (χ0) is 62.7. The Hall–Kier alpha value is -5.15. The van der Waals surface area contributed by atoms with Gasteiger partial charge in [0.05, 0.1) is 16.8 Å². The van der Waals surface area contributed by atoms with Gasteiger partial charge in [-0.2, -0.15) is 4.31 Å². The maximum atomic E-state index is 14.0. The molecule has 1 saturated carbocycles. The first-order chi connectivity index (χ1) is 40.5. The maximum Gasteiger partial charge on any atom is 0.224 e. The first kappa shape index (κ1) is 66.8. The Bertz CT molecular complexity index is 3180. The number of hydrogen-bond acceptors (Lipinski definition) is 11. The van der Waals surface area contributed by atoms with Gasteiger partial charge in [0.2, 0.25) is 27.7 Å². The molecule has 6 saturated heterocycles. The molecule has 86 heavy (non-hydrogen) atoms. The lowest BCUT2D eigenvalue weighted by molar-refractivity contribution is -0.138. The van der Waals surface area contributed by atoms with Crippen LogP contribution in [0.2, 0.25) is 0 Å². The van der Waals surface area contributed by atoms with Crippen LogP contribution >= 0.6 is 0 Å². The minimum atomic E-state index is -3.51. The Kier molecular flexibility index (Phi) is 21.8. The van der Waals surface area contributed by atoms with E-state index in [1.54, 1.807) is 4.31 Å². The number of sulfone groups is 1. The number of rotatable bonds is 20. The quantitative estimate of drug-likeness (QED) is 0.0638. The van der Waals surface area contributed by atoms with E-state index < -0.39 is 84.3 Å². The van der Waals surface area contributed by atoms with Gasteiger partial charge in [0.1, 0.15) is 23.2 Å². The van der Waals surface area contributed by atoms with Crippen molar-refractivity contribution >= 4 is 43.4 Å². The van der Waals surface area contributed by atoms with E-state index in [1.807, 2.05) is 9.80 Å². The van der Waals surface area contributed by atoms with E-state index in [0.717, 1.165) is 69.6 Å².